The van der Waals surface area contributed by atoms with Crippen LogP contribution < -0.4 is 5.32 Å². The van der Waals surface area contributed by atoms with Crippen molar-refractivity contribution >= 4 is 11.7 Å². The van der Waals surface area contributed by atoms with Crippen LogP contribution in [0.25, 0.3) is 0 Å². The molecule has 4 nitrogen and oxygen atoms in total. The number of nitrogens with one attached hydrogen (secondary N) is 1. The largest absolute Gasteiger partial charge is 0.351 e. The molecule has 1 amide bonds. The number of hydrogen-bond acceptors (Lipinski definition) is 2. The first-order valence-electron chi connectivity index (χ1n) is 6.62. The number of amidine groups is 1. The zero-order valence-corrected chi connectivity index (χ0v) is 11.6. The second-order valence-corrected chi connectivity index (χ2v) is 5.26. The number of rotatable bonds is 6. The molecule has 1 heterocycles. The van der Waals surface area contributed by atoms with Crippen LogP contribution in [0.15, 0.2) is 4.99 Å². The normalized spacial score (nSPS) is 28.0. The highest BCUT2D eigenvalue weighted by molar-refractivity contribution is 5.74. The zero-order valence-electron chi connectivity index (χ0n) is 11.6. The predicted octanol–water partition coefficient (Wildman–Crippen LogP) is 1.56. The Balaban J connectivity index is 2.43. The van der Waals surface area contributed by atoms with E-state index < -0.39 is 0 Å². The second-order valence-electron chi connectivity index (χ2n) is 5.26. The third-order valence-electron chi connectivity index (χ3n) is 3.63. The van der Waals surface area contributed by atoms with Crippen LogP contribution in [-0.4, -0.2) is 48.9 Å². The van der Waals surface area contributed by atoms with Crippen LogP contribution in [0, 0.1) is 0 Å². The molecule has 0 fully saturated rings. The number of quaternary nitrogens is 1. The first kappa shape index (κ1) is 14.2. The van der Waals surface area contributed by atoms with Crippen molar-refractivity contribution in [3.05, 3.63) is 0 Å². The van der Waals surface area contributed by atoms with Crippen molar-refractivity contribution in [1.29, 1.82) is 0 Å². The Hall–Kier alpha value is -0.900. The molecule has 1 N–H and O–H groups in total. The molecule has 0 aromatic carbocycles. The number of nitrogens with zero attached hydrogens (tertiary/aromatic N) is 2. The summed E-state index contributed by atoms with van der Waals surface area (Å²) in [5.41, 5.74) is 0. The minimum Gasteiger partial charge on any atom is -0.351 e. The van der Waals surface area contributed by atoms with E-state index in [-0.39, 0.29) is 5.91 Å². The lowest BCUT2D eigenvalue weighted by Gasteiger charge is -2.29. The van der Waals surface area contributed by atoms with Crippen LogP contribution >= 0.6 is 0 Å². The lowest BCUT2D eigenvalue weighted by atomic mass is 10.1. The van der Waals surface area contributed by atoms with Gasteiger partial charge in [-0.05, 0) is 6.42 Å². The lowest BCUT2D eigenvalue weighted by molar-refractivity contribution is -0.815. The van der Waals surface area contributed by atoms with Crippen molar-refractivity contribution in [2.45, 2.75) is 46.1 Å². The maximum atomic E-state index is 10.9. The number of unbranched alkanes of at least 4 members (excludes halogenated alkanes) is 1. The number of carbonyl (C=O) groups excluding carboxylic acids is 1. The number of carbonyl (C=O) groups is 1. The number of hydrogen-bond donors (Lipinski definition) is 1. The fourth-order valence-electron chi connectivity index (χ4n) is 2.37. The van der Waals surface area contributed by atoms with Crippen LogP contribution in [0.3, 0.4) is 0 Å². The minimum absolute atomic E-state index is 0.0490. The third kappa shape index (κ3) is 4.11. The molecule has 0 spiro atoms. The van der Waals surface area contributed by atoms with Gasteiger partial charge in [0, 0.05) is 13.8 Å². The van der Waals surface area contributed by atoms with Crippen LogP contribution in [0.1, 0.15) is 40.0 Å². The molecule has 0 aromatic rings. The molecule has 2 atom stereocenters. The number of aliphatic imine (C=N–C) groups is 1. The van der Waals surface area contributed by atoms with Gasteiger partial charge in [0.15, 0.2) is 5.84 Å². The summed E-state index contributed by atoms with van der Waals surface area (Å²) in [7, 11) is 2.21. The molecule has 1 aliphatic rings. The first-order chi connectivity index (χ1) is 7.98. The van der Waals surface area contributed by atoms with Crippen LogP contribution in [0.4, 0.5) is 0 Å². The molecular weight excluding hydrogens is 214 g/mol. The smallest absolute Gasteiger partial charge is 0.217 e. The van der Waals surface area contributed by atoms with E-state index in [2.05, 4.69) is 26.2 Å². The van der Waals surface area contributed by atoms with Crippen molar-refractivity contribution < 1.29 is 9.28 Å². The van der Waals surface area contributed by atoms with E-state index in [1.54, 1.807) is 6.92 Å². The minimum atomic E-state index is 0.0490. The molecule has 0 bridgehead atoms. The maximum Gasteiger partial charge on any atom is 0.217 e. The van der Waals surface area contributed by atoms with E-state index in [1.807, 2.05) is 0 Å². The Morgan fingerprint density at radius 2 is 2.29 bits per heavy atom. The summed E-state index contributed by atoms with van der Waals surface area (Å²) in [6, 6.07) is 0.484. The Kier molecular flexibility index (Phi) is 5.12. The van der Waals surface area contributed by atoms with Gasteiger partial charge in [-0.3, -0.25) is 9.28 Å². The van der Waals surface area contributed by atoms with E-state index in [1.165, 1.54) is 25.1 Å². The van der Waals surface area contributed by atoms with Crippen molar-refractivity contribution in [1.82, 2.24) is 5.32 Å². The van der Waals surface area contributed by atoms with Crippen molar-refractivity contribution in [2.24, 2.45) is 4.99 Å². The summed E-state index contributed by atoms with van der Waals surface area (Å²) in [6.45, 7) is 8.66. The fourth-order valence-corrected chi connectivity index (χ4v) is 2.37. The molecule has 98 valence electrons. The molecule has 0 saturated heterocycles. The van der Waals surface area contributed by atoms with Crippen LogP contribution in [0.5, 0.6) is 0 Å². The van der Waals surface area contributed by atoms with Gasteiger partial charge in [0.05, 0.1) is 13.6 Å². The summed E-state index contributed by atoms with van der Waals surface area (Å²) in [4.78, 5) is 15.6. The quantitative estimate of drug-likeness (QED) is 0.703. The van der Waals surface area contributed by atoms with Crippen molar-refractivity contribution in [3.63, 3.8) is 0 Å². The molecule has 4 heteroatoms. The van der Waals surface area contributed by atoms with Crippen LogP contribution in [-0.2, 0) is 4.79 Å². The summed E-state index contributed by atoms with van der Waals surface area (Å²) in [5.74, 6) is 1.25. The first-order valence-corrected chi connectivity index (χ1v) is 6.62. The summed E-state index contributed by atoms with van der Waals surface area (Å²) < 4.78 is 0.884. The highest BCUT2D eigenvalue weighted by atomic mass is 16.1. The monoisotopic (exact) mass is 240 g/mol. The molecule has 17 heavy (non-hydrogen) atoms. The molecule has 2 unspecified atom stereocenters. The van der Waals surface area contributed by atoms with Gasteiger partial charge in [-0.15, -0.1) is 0 Å². The highest BCUT2D eigenvalue weighted by Crippen LogP contribution is 2.20. The summed E-state index contributed by atoms with van der Waals surface area (Å²) >= 11 is 0. The van der Waals surface area contributed by atoms with E-state index in [4.69, 9.17) is 4.99 Å². The molecule has 1 aliphatic heterocycles. The van der Waals surface area contributed by atoms with Crippen molar-refractivity contribution in [3.8, 4) is 0 Å². The van der Waals surface area contributed by atoms with E-state index in [0.717, 1.165) is 24.1 Å². The van der Waals surface area contributed by atoms with Gasteiger partial charge in [0.1, 0.15) is 19.1 Å². The van der Waals surface area contributed by atoms with Gasteiger partial charge in [-0.1, -0.05) is 19.8 Å². The summed E-state index contributed by atoms with van der Waals surface area (Å²) in [5, 5.41) is 2.87. The maximum absolute atomic E-state index is 10.9. The van der Waals surface area contributed by atoms with Gasteiger partial charge < -0.3 is 5.32 Å². The molecular formula is C13H26N3O+. The average molecular weight is 240 g/mol. The van der Waals surface area contributed by atoms with E-state index in [0.29, 0.717) is 6.04 Å². The van der Waals surface area contributed by atoms with Crippen LogP contribution in [0.2, 0.25) is 0 Å². The van der Waals surface area contributed by atoms with Gasteiger partial charge in [-0.25, -0.2) is 4.99 Å². The number of amides is 1. The Morgan fingerprint density at radius 3 is 2.88 bits per heavy atom. The topological polar surface area (TPSA) is 41.5 Å². The predicted molar refractivity (Wildman–Crippen MR) is 71.0 cm³/mol. The zero-order chi connectivity index (χ0) is 12.9. The Bertz CT molecular complexity index is 301. The van der Waals surface area contributed by atoms with Crippen molar-refractivity contribution in [2.75, 3.05) is 26.7 Å². The Labute approximate surface area is 105 Å². The molecule has 0 radical (unpaired) electrons. The third-order valence-corrected chi connectivity index (χ3v) is 3.63. The highest BCUT2D eigenvalue weighted by Gasteiger charge is 2.35. The Morgan fingerprint density at radius 1 is 1.59 bits per heavy atom. The molecule has 0 aromatic heterocycles. The lowest BCUT2D eigenvalue weighted by Crippen LogP contribution is -2.50. The van der Waals surface area contributed by atoms with Gasteiger partial charge in [0.2, 0.25) is 5.91 Å². The second kappa shape index (κ2) is 6.15. The number of likely N-dealkylation sites (N-methyl/N-ethyl adjacent to an activating group) is 1. The molecule has 0 aliphatic carbocycles. The van der Waals surface area contributed by atoms with Gasteiger partial charge >= 0.3 is 0 Å². The fraction of sp³-hybridized carbons (Fsp3) is 0.846. The van der Waals surface area contributed by atoms with Gasteiger partial charge in [-0.2, -0.15) is 0 Å². The average Bonchev–Trinajstić information content (AvgIpc) is 2.51. The van der Waals surface area contributed by atoms with E-state index in [9.17, 15) is 4.79 Å². The molecule has 0 saturated carbocycles. The van der Waals surface area contributed by atoms with Gasteiger partial charge in [0.25, 0.3) is 0 Å². The summed E-state index contributed by atoms with van der Waals surface area (Å²) in [6.07, 6.45) is 3.69. The SMILES string of the molecule is CCCCC1C[N+](C)(CCNC(C)=O)C(C)=N1. The van der Waals surface area contributed by atoms with E-state index >= 15 is 0 Å². The molecule has 1 rings (SSSR count). The standard InChI is InChI=1S/C13H25N3O/c1-5-6-7-13-10-16(4,11(2)15-13)9-8-14-12(3)17/h13H,5-10H2,1-4H3/p+1.